The summed E-state index contributed by atoms with van der Waals surface area (Å²) in [6, 6.07) is 4.98. The third-order valence-corrected chi connectivity index (χ3v) is 4.18. The number of nitrogens with zero attached hydrogens (tertiary/aromatic N) is 1. The summed E-state index contributed by atoms with van der Waals surface area (Å²) in [5.41, 5.74) is 1.80. The van der Waals surface area contributed by atoms with Gasteiger partial charge in [-0.1, -0.05) is 12.1 Å². The van der Waals surface area contributed by atoms with Crippen LogP contribution in [-0.2, 0) is 23.0 Å². The van der Waals surface area contributed by atoms with Crippen LogP contribution in [0.15, 0.2) is 18.2 Å². The third kappa shape index (κ3) is 2.32. The number of carboxylic acid groups (broad SMARTS) is 1. The summed E-state index contributed by atoms with van der Waals surface area (Å²) in [4.78, 5) is 11.0. The molecule has 0 aliphatic carbocycles. The predicted molar refractivity (Wildman–Crippen MR) is 62.4 cm³/mol. The number of aromatic carboxylic acids is 1. The van der Waals surface area contributed by atoms with E-state index in [4.69, 9.17) is 5.11 Å². The molecule has 1 N–H and O–H groups in total. The Labute approximate surface area is 99.7 Å². The fraction of sp³-hybridized carbons (Fsp3) is 0.364. The Morgan fingerprint density at radius 1 is 1.41 bits per heavy atom. The molecular weight excluding hydrogens is 242 g/mol. The van der Waals surface area contributed by atoms with Crippen LogP contribution in [0.4, 0.5) is 0 Å². The van der Waals surface area contributed by atoms with Crippen LogP contribution >= 0.6 is 0 Å². The molecule has 0 bridgehead atoms. The van der Waals surface area contributed by atoms with Crippen LogP contribution < -0.4 is 0 Å². The zero-order chi connectivity index (χ0) is 12.6. The van der Waals surface area contributed by atoms with E-state index in [1.807, 2.05) is 0 Å². The van der Waals surface area contributed by atoms with Crippen LogP contribution in [-0.4, -0.2) is 36.6 Å². The first-order chi connectivity index (χ1) is 7.89. The van der Waals surface area contributed by atoms with Crippen molar-refractivity contribution in [2.45, 2.75) is 13.0 Å². The van der Waals surface area contributed by atoms with Gasteiger partial charge in [0, 0.05) is 13.1 Å². The van der Waals surface area contributed by atoms with E-state index in [2.05, 4.69) is 0 Å². The van der Waals surface area contributed by atoms with Crippen LogP contribution in [0.25, 0.3) is 0 Å². The van der Waals surface area contributed by atoms with Crippen LogP contribution in [0.2, 0.25) is 0 Å². The van der Waals surface area contributed by atoms with Crippen molar-refractivity contribution < 1.29 is 18.3 Å². The minimum absolute atomic E-state index is 0.259. The second-order valence-electron chi connectivity index (χ2n) is 4.09. The quantitative estimate of drug-likeness (QED) is 0.844. The molecule has 0 fully saturated rings. The van der Waals surface area contributed by atoms with Crippen molar-refractivity contribution in [3.05, 3.63) is 34.9 Å². The first-order valence-electron chi connectivity index (χ1n) is 5.19. The zero-order valence-electron chi connectivity index (χ0n) is 9.38. The minimum Gasteiger partial charge on any atom is -0.478 e. The molecule has 6 heteroatoms. The van der Waals surface area contributed by atoms with Crippen molar-refractivity contribution in [3.63, 3.8) is 0 Å². The van der Waals surface area contributed by atoms with E-state index in [9.17, 15) is 13.2 Å². The Balaban J connectivity index is 2.41. The molecule has 0 spiro atoms. The molecule has 1 aromatic rings. The Hall–Kier alpha value is -1.40. The number of carbonyl (C=O) groups is 1. The molecule has 5 nitrogen and oxygen atoms in total. The first kappa shape index (κ1) is 12.1. The minimum atomic E-state index is -3.22. The Morgan fingerprint density at radius 3 is 2.71 bits per heavy atom. The molecule has 1 heterocycles. The van der Waals surface area contributed by atoms with Gasteiger partial charge in [0.1, 0.15) is 0 Å². The molecule has 0 saturated carbocycles. The van der Waals surface area contributed by atoms with Crippen molar-refractivity contribution in [3.8, 4) is 0 Å². The third-order valence-electron chi connectivity index (χ3n) is 2.93. The molecule has 0 amide bonds. The molecular formula is C11H13NO4S. The van der Waals surface area contributed by atoms with Gasteiger partial charge in [0.05, 0.1) is 11.8 Å². The number of sulfonamides is 1. The topological polar surface area (TPSA) is 74.7 Å². The van der Waals surface area contributed by atoms with E-state index in [0.29, 0.717) is 13.0 Å². The lowest BCUT2D eigenvalue weighted by molar-refractivity contribution is 0.0695. The summed E-state index contributed by atoms with van der Waals surface area (Å²) in [6.45, 7) is 0.603. The largest absolute Gasteiger partial charge is 0.478 e. The predicted octanol–water partition coefficient (Wildman–Crippen LogP) is 0.702. The van der Waals surface area contributed by atoms with Crippen molar-refractivity contribution in [1.82, 2.24) is 4.31 Å². The number of benzene rings is 1. The molecule has 0 unspecified atom stereocenters. The number of fused-ring (bicyclic) bond motifs is 1. The zero-order valence-corrected chi connectivity index (χ0v) is 10.2. The molecule has 1 aliphatic heterocycles. The maximum atomic E-state index is 11.4. The molecule has 1 aromatic carbocycles. The van der Waals surface area contributed by atoms with Gasteiger partial charge in [0.2, 0.25) is 10.0 Å². The van der Waals surface area contributed by atoms with Crippen LogP contribution in [0.1, 0.15) is 21.5 Å². The lowest BCUT2D eigenvalue weighted by Gasteiger charge is -2.27. The molecule has 0 aromatic heterocycles. The van der Waals surface area contributed by atoms with Gasteiger partial charge in [0.15, 0.2) is 0 Å². The standard InChI is InChI=1S/C11H13NO4S/c1-17(15,16)12-6-5-9-8(7-12)3-2-4-10(9)11(13)14/h2-4H,5-7H2,1H3,(H,13,14). The Morgan fingerprint density at radius 2 is 2.12 bits per heavy atom. The smallest absolute Gasteiger partial charge is 0.335 e. The maximum absolute atomic E-state index is 11.4. The average molecular weight is 255 g/mol. The second kappa shape index (κ2) is 4.12. The highest BCUT2D eigenvalue weighted by Crippen LogP contribution is 2.23. The van der Waals surface area contributed by atoms with Crippen LogP contribution in [0.3, 0.4) is 0 Å². The van der Waals surface area contributed by atoms with Gasteiger partial charge in [-0.15, -0.1) is 0 Å². The van der Waals surface area contributed by atoms with Gasteiger partial charge in [-0.3, -0.25) is 0 Å². The highest BCUT2D eigenvalue weighted by Gasteiger charge is 2.25. The highest BCUT2D eigenvalue weighted by atomic mass is 32.2. The number of rotatable bonds is 2. The maximum Gasteiger partial charge on any atom is 0.335 e. The molecule has 0 radical (unpaired) electrons. The second-order valence-corrected chi connectivity index (χ2v) is 6.08. The summed E-state index contributed by atoms with van der Waals surface area (Å²) < 4.78 is 24.2. The average Bonchev–Trinajstić information content (AvgIpc) is 2.26. The molecule has 0 atom stereocenters. The molecule has 2 rings (SSSR count). The van der Waals surface area contributed by atoms with Gasteiger partial charge in [-0.2, -0.15) is 4.31 Å². The number of hydrogen-bond acceptors (Lipinski definition) is 3. The summed E-state index contributed by atoms with van der Waals surface area (Å²) in [5, 5.41) is 9.03. The first-order valence-corrected chi connectivity index (χ1v) is 7.03. The number of carboxylic acids is 1. The van der Waals surface area contributed by atoms with Crippen molar-refractivity contribution in [2.24, 2.45) is 0 Å². The van der Waals surface area contributed by atoms with E-state index in [1.54, 1.807) is 18.2 Å². The van der Waals surface area contributed by atoms with E-state index >= 15 is 0 Å². The molecule has 17 heavy (non-hydrogen) atoms. The SMILES string of the molecule is CS(=O)(=O)N1CCc2c(cccc2C(=O)O)C1. The normalized spacial score (nSPS) is 16.5. The lowest BCUT2D eigenvalue weighted by atomic mass is 9.95. The van der Waals surface area contributed by atoms with Gasteiger partial charge in [0.25, 0.3) is 0 Å². The van der Waals surface area contributed by atoms with Gasteiger partial charge >= 0.3 is 5.97 Å². The van der Waals surface area contributed by atoms with Crippen LogP contribution in [0, 0.1) is 0 Å². The Bertz CT molecular complexity index is 565. The fourth-order valence-corrected chi connectivity index (χ4v) is 2.86. The van der Waals surface area contributed by atoms with Gasteiger partial charge < -0.3 is 5.11 Å². The van der Waals surface area contributed by atoms with Crippen molar-refractivity contribution in [1.29, 1.82) is 0 Å². The molecule has 0 saturated heterocycles. The van der Waals surface area contributed by atoms with Crippen LogP contribution in [0.5, 0.6) is 0 Å². The van der Waals surface area contributed by atoms with E-state index in [1.165, 1.54) is 10.6 Å². The molecule has 92 valence electrons. The summed E-state index contributed by atoms with van der Waals surface area (Å²) in [5.74, 6) is -0.963. The van der Waals surface area contributed by atoms with Crippen molar-refractivity contribution in [2.75, 3.05) is 12.8 Å². The lowest BCUT2D eigenvalue weighted by Crippen LogP contribution is -2.35. The van der Waals surface area contributed by atoms with Gasteiger partial charge in [-0.25, -0.2) is 13.2 Å². The summed E-state index contributed by atoms with van der Waals surface area (Å²) in [6.07, 6.45) is 1.61. The summed E-state index contributed by atoms with van der Waals surface area (Å²) in [7, 11) is -3.22. The van der Waals surface area contributed by atoms with E-state index in [0.717, 1.165) is 11.1 Å². The van der Waals surface area contributed by atoms with Gasteiger partial charge in [-0.05, 0) is 23.6 Å². The van der Waals surface area contributed by atoms with E-state index < -0.39 is 16.0 Å². The summed E-state index contributed by atoms with van der Waals surface area (Å²) >= 11 is 0. The fourth-order valence-electron chi connectivity index (χ4n) is 2.07. The highest BCUT2D eigenvalue weighted by molar-refractivity contribution is 7.88. The molecule has 1 aliphatic rings. The number of hydrogen-bond donors (Lipinski definition) is 1. The van der Waals surface area contributed by atoms with Crippen molar-refractivity contribution >= 4 is 16.0 Å². The monoisotopic (exact) mass is 255 g/mol. The Kier molecular flexibility index (Phi) is 2.92. The van der Waals surface area contributed by atoms with E-state index in [-0.39, 0.29) is 12.1 Å².